The molecule has 4 N–H and O–H groups in total. The van der Waals surface area contributed by atoms with Crippen LogP contribution in [0.15, 0.2) is 48.5 Å². The summed E-state index contributed by atoms with van der Waals surface area (Å²) in [6.07, 6.45) is 5.66. The second kappa shape index (κ2) is 11.0. The Morgan fingerprint density at radius 3 is 1.91 bits per heavy atom. The predicted octanol–water partition coefficient (Wildman–Crippen LogP) is 4.33. The Bertz CT molecular complexity index is 957. The third-order valence-corrected chi connectivity index (χ3v) is 5.46. The van der Waals surface area contributed by atoms with E-state index in [1.165, 1.54) is 19.3 Å². The number of rotatable bonds is 7. The van der Waals surface area contributed by atoms with Crippen molar-refractivity contribution >= 4 is 29.1 Å². The monoisotopic (exact) mass is 450 g/mol. The second-order valence-corrected chi connectivity index (χ2v) is 9.57. The summed E-state index contributed by atoms with van der Waals surface area (Å²) in [7, 11) is 0. The van der Waals surface area contributed by atoms with E-state index in [0.29, 0.717) is 16.8 Å². The van der Waals surface area contributed by atoms with Gasteiger partial charge in [-0.3, -0.25) is 14.4 Å². The summed E-state index contributed by atoms with van der Waals surface area (Å²) in [5, 5.41) is 11.9. The summed E-state index contributed by atoms with van der Waals surface area (Å²) in [5.41, 5.74) is 2.22. The van der Waals surface area contributed by atoms with Crippen molar-refractivity contribution in [2.45, 2.75) is 64.5 Å². The Balaban J connectivity index is 1.45. The molecular weight excluding hydrogens is 416 g/mol. The van der Waals surface area contributed by atoms with Crippen molar-refractivity contribution in [3.63, 3.8) is 0 Å². The molecule has 0 unspecified atom stereocenters. The van der Waals surface area contributed by atoms with E-state index in [9.17, 15) is 14.4 Å². The third kappa shape index (κ3) is 7.93. The van der Waals surface area contributed by atoms with Gasteiger partial charge in [0.1, 0.15) is 0 Å². The molecule has 0 spiro atoms. The summed E-state index contributed by atoms with van der Waals surface area (Å²) in [4.78, 5) is 36.9. The summed E-state index contributed by atoms with van der Waals surface area (Å²) in [5.74, 6) is -0.410. The molecule has 0 aliphatic heterocycles. The molecule has 7 heteroatoms. The lowest BCUT2D eigenvalue weighted by atomic mass is 9.95. The molecular formula is C26H34N4O3. The van der Waals surface area contributed by atoms with E-state index < -0.39 is 0 Å². The van der Waals surface area contributed by atoms with Crippen LogP contribution in [0, 0.1) is 0 Å². The van der Waals surface area contributed by atoms with Gasteiger partial charge in [-0.15, -0.1) is 0 Å². The van der Waals surface area contributed by atoms with E-state index in [1.54, 1.807) is 48.5 Å². The fourth-order valence-corrected chi connectivity index (χ4v) is 3.76. The molecule has 0 atom stereocenters. The lowest BCUT2D eigenvalue weighted by Gasteiger charge is -2.22. The molecule has 2 aromatic rings. The van der Waals surface area contributed by atoms with Crippen LogP contribution in [0.25, 0.3) is 0 Å². The highest BCUT2D eigenvalue weighted by Crippen LogP contribution is 2.18. The van der Waals surface area contributed by atoms with Crippen LogP contribution in [0.1, 0.15) is 73.6 Å². The van der Waals surface area contributed by atoms with Crippen molar-refractivity contribution in [2.75, 3.05) is 17.2 Å². The number of hydrogen-bond acceptors (Lipinski definition) is 4. The minimum Gasteiger partial charge on any atom is -0.376 e. The molecule has 0 radical (unpaired) electrons. The van der Waals surface area contributed by atoms with Gasteiger partial charge in [0.2, 0.25) is 5.91 Å². The van der Waals surface area contributed by atoms with E-state index in [0.717, 1.165) is 18.5 Å². The van der Waals surface area contributed by atoms with Crippen molar-refractivity contribution in [1.82, 2.24) is 10.6 Å². The zero-order chi connectivity index (χ0) is 23.8. The first-order chi connectivity index (χ1) is 15.7. The van der Waals surface area contributed by atoms with Crippen molar-refractivity contribution < 1.29 is 14.4 Å². The van der Waals surface area contributed by atoms with Crippen LogP contribution in [0.5, 0.6) is 0 Å². The molecule has 2 aromatic carbocycles. The maximum Gasteiger partial charge on any atom is 0.251 e. The largest absolute Gasteiger partial charge is 0.376 e. The number of nitrogens with one attached hydrogen (secondary N) is 4. The van der Waals surface area contributed by atoms with Crippen LogP contribution < -0.4 is 21.3 Å². The second-order valence-electron chi connectivity index (χ2n) is 9.57. The van der Waals surface area contributed by atoms with Crippen LogP contribution in [0.3, 0.4) is 0 Å². The highest BCUT2D eigenvalue weighted by Gasteiger charge is 2.17. The Labute approximate surface area is 195 Å². The van der Waals surface area contributed by atoms with E-state index in [2.05, 4.69) is 21.3 Å². The minimum absolute atomic E-state index is 0.0685. The SMILES string of the molecule is CC(C)(C)NC(=O)c1ccc(NCC(=O)Nc2ccc(C(=O)NC3CCCCC3)cc2)cc1. The normalized spacial score (nSPS) is 14.3. The first kappa shape index (κ1) is 24.3. The van der Waals surface area contributed by atoms with Crippen LogP contribution in [-0.4, -0.2) is 35.8 Å². The minimum atomic E-state index is -0.302. The number of amides is 3. The van der Waals surface area contributed by atoms with Gasteiger partial charge in [-0.1, -0.05) is 19.3 Å². The van der Waals surface area contributed by atoms with E-state index >= 15 is 0 Å². The molecule has 1 saturated carbocycles. The van der Waals surface area contributed by atoms with E-state index in [1.807, 2.05) is 20.8 Å². The molecule has 33 heavy (non-hydrogen) atoms. The zero-order valence-electron chi connectivity index (χ0n) is 19.7. The van der Waals surface area contributed by atoms with Crippen LogP contribution in [-0.2, 0) is 4.79 Å². The highest BCUT2D eigenvalue weighted by molar-refractivity contribution is 5.97. The Morgan fingerprint density at radius 1 is 0.788 bits per heavy atom. The average Bonchev–Trinajstić information content (AvgIpc) is 2.78. The first-order valence-corrected chi connectivity index (χ1v) is 11.6. The maximum atomic E-state index is 12.4. The molecule has 7 nitrogen and oxygen atoms in total. The van der Waals surface area contributed by atoms with Gasteiger partial charge in [-0.05, 0) is 82.1 Å². The fraction of sp³-hybridized carbons (Fsp3) is 0.423. The summed E-state index contributed by atoms with van der Waals surface area (Å²) in [6.45, 7) is 5.87. The molecule has 3 amide bonds. The van der Waals surface area contributed by atoms with Crippen LogP contribution in [0.2, 0.25) is 0 Å². The summed E-state index contributed by atoms with van der Waals surface area (Å²) in [6, 6.07) is 14.2. The van der Waals surface area contributed by atoms with E-state index in [-0.39, 0.29) is 35.8 Å². The average molecular weight is 451 g/mol. The Morgan fingerprint density at radius 2 is 1.33 bits per heavy atom. The quantitative estimate of drug-likeness (QED) is 0.505. The topological polar surface area (TPSA) is 99.3 Å². The van der Waals surface area contributed by atoms with Gasteiger partial charge < -0.3 is 21.3 Å². The lowest BCUT2D eigenvalue weighted by Crippen LogP contribution is -2.40. The first-order valence-electron chi connectivity index (χ1n) is 11.6. The Hall–Kier alpha value is -3.35. The zero-order valence-corrected chi connectivity index (χ0v) is 19.7. The predicted molar refractivity (Wildman–Crippen MR) is 132 cm³/mol. The van der Waals surface area contributed by atoms with Crippen molar-refractivity contribution in [1.29, 1.82) is 0 Å². The van der Waals surface area contributed by atoms with E-state index in [4.69, 9.17) is 0 Å². The van der Waals surface area contributed by atoms with Gasteiger partial charge in [0.25, 0.3) is 11.8 Å². The molecule has 0 bridgehead atoms. The molecule has 0 heterocycles. The molecule has 3 rings (SSSR count). The van der Waals surface area contributed by atoms with Gasteiger partial charge >= 0.3 is 0 Å². The molecule has 0 aromatic heterocycles. The smallest absolute Gasteiger partial charge is 0.251 e. The molecule has 1 aliphatic rings. The fourth-order valence-electron chi connectivity index (χ4n) is 3.76. The van der Waals surface area contributed by atoms with Gasteiger partial charge in [-0.25, -0.2) is 0 Å². The Kier molecular flexibility index (Phi) is 8.09. The maximum absolute atomic E-state index is 12.4. The number of carbonyl (C=O) groups is 3. The lowest BCUT2D eigenvalue weighted by molar-refractivity contribution is -0.114. The number of anilines is 2. The highest BCUT2D eigenvalue weighted by atomic mass is 16.2. The summed E-state index contributed by atoms with van der Waals surface area (Å²) < 4.78 is 0. The van der Waals surface area contributed by atoms with Gasteiger partial charge in [0.15, 0.2) is 0 Å². The third-order valence-electron chi connectivity index (χ3n) is 5.46. The molecule has 176 valence electrons. The van der Waals surface area contributed by atoms with Gasteiger partial charge in [0, 0.05) is 34.1 Å². The van der Waals surface area contributed by atoms with Gasteiger partial charge in [0.05, 0.1) is 6.54 Å². The standard InChI is InChI=1S/C26H34N4O3/c1-26(2,3)30-25(33)19-9-13-20(14-10-19)27-17-23(31)28-22-15-11-18(12-16-22)24(32)29-21-7-5-4-6-8-21/h9-16,21,27H,4-8,17H2,1-3H3,(H,28,31)(H,29,32)(H,30,33). The number of benzene rings is 2. The number of carbonyl (C=O) groups excluding carboxylic acids is 3. The van der Waals surface area contributed by atoms with Crippen molar-refractivity contribution in [3.8, 4) is 0 Å². The van der Waals surface area contributed by atoms with Crippen LogP contribution in [0.4, 0.5) is 11.4 Å². The van der Waals surface area contributed by atoms with Crippen molar-refractivity contribution in [2.24, 2.45) is 0 Å². The summed E-state index contributed by atoms with van der Waals surface area (Å²) >= 11 is 0. The molecule has 1 fully saturated rings. The molecule has 1 aliphatic carbocycles. The van der Waals surface area contributed by atoms with Crippen LogP contribution >= 0.6 is 0 Å². The number of hydrogen-bond donors (Lipinski definition) is 4. The molecule has 0 saturated heterocycles. The van der Waals surface area contributed by atoms with Gasteiger partial charge in [-0.2, -0.15) is 0 Å². The van der Waals surface area contributed by atoms with Crippen molar-refractivity contribution in [3.05, 3.63) is 59.7 Å².